The molecule has 2 aliphatic heterocycles. The molecule has 3 atom stereocenters. The highest BCUT2D eigenvalue weighted by atomic mass is 32.2. The fraction of sp³-hybridized carbons (Fsp3) is 0.500. The number of aromatic nitrogens is 3. The maximum absolute atomic E-state index is 11.9. The standard InChI is InChI=1S/C12H15N5O3S2/c1-2-6(22-12-14-4-15-16-12)5-3-21-10-7(13)9(18)17(10)8(5)11(19)20/h4,6-7,10H,2-3,13H2,1H3,(H,19,20)(H,14,15,16)/t6?,7?,10-/m0/s1. The van der Waals surface area contributed by atoms with Gasteiger partial charge in [-0.15, -0.1) is 16.9 Å². The highest BCUT2D eigenvalue weighted by molar-refractivity contribution is 8.01. The van der Waals surface area contributed by atoms with Crippen LogP contribution in [0.2, 0.25) is 0 Å². The third-order valence-electron chi connectivity index (χ3n) is 3.64. The summed E-state index contributed by atoms with van der Waals surface area (Å²) in [6.07, 6.45) is 2.19. The van der Waals surface area contributed by atoms with Crippen molar-refractivity contribution in [1.29, 1.82) is 0 Å². The van der Waals surface area contributed by atoms with Gasteiger partial charge in [0, 0.05) is 11.0 Å². The Morgan fingerprint density at radius 2 is 2.50 bits per heavy atom. The van der Waals surface area contributed by atoms with E-state index in [9.17, 15) is 14.7 Å². The number of carboxylic acids is 1. The zero-order chi connectivity index (χ0) is 15.9. The van der Waals surface area contributed by atoms with Gasteiger partial charge in [-0.05, 0) is 12.0 Å². The molecule has 0 aliphatic carbocycles. The summed E-state index contributed by atoms with van der Waals surface area (Å²) in [5.41, 5.74) is 6.55. The van der Waals surface area contributed by atoms with E-state index in [0.29, 0.717) is 17.3 Å². The van der Waals surface area contributed by atoms with Crippen LogP contribution in [0.4, 0.5) is 0 Å². The van der Waals surface area contributed by atoms with Crippen molar-refractivity contribution in [3.05, 3.63) is 17.6 Å². The largest absolute Gasteiger partial charge is 0.477 e. The number of fused-ring (bicyclic) bond motifs is 1. The van der Waals surface area contributed by atoms with E-state index >= 15 is 0 Å². The summed E-state index contributed by atoms with van der Waals surface area (Å²) in [5, 5.41) is 16.4. The lowest BCUT2D eigenvalue weighted by Gasteiger charge is -2.48. The number of nitrogens with zero attached hydrogens (tertiary/aromatic N) is 3. The number of β-lactam (4-membered cyclic amide) rings is 1. The van der Waals surface area contributed by atoms with Crippen LogP contribution >= 0.6 is 23.5 Å². The molecule has 4 N–H and O–H groups in total. The number of amides is 1. The van der Waals surface area contributed by atoms with Gasteiger partial charge in [-0.1, -0.05) is 18.7 Å². The fourth-order valence-corrected chi connectivity index (χ4v) is 5.02. The summed E-state index contributed by atoms with van der Waals surface area (Å²) < 4.78 is 0. The minimum atomic E-state index is -1.09. The molecule has 22 heavy (non-hydrogen) atoms. The summed E-state index contributed by atoms with van der Waals surface area (Å²) in [5.74, 6) is -0.876. The van der Waals surface area contributed by atoms with Gasteiger partial charge in [0.1, 0.15) is 23.4 Å². The third kappa shape index (κ3) is 2.40. The normalized spacial score (nSPS) is 25.7. The second-order valence-corrected chi connectivity index (χ2v) is 7.19. The highest BCUT2D eigenvalue weighted by Gasteiger charge is 2.52. The SMILES string of the molecule is CCC(Sc1nc[nH]n1)C1=C(C(=O)O)N2C(=O)C(N)[C@@H]2SC1. The van der Waals surface area contributed by atoms with E-state index in [1.807, 2.05) is 6.92 Å². The molecule has 2 unspecified atom stereocenters. The van der Waals surface area contributed by atoms with Gasteiger partial charge in [-0.25, -0.2) is 9.78 Å². The zero-order valence-corrected chi connectivity index (χ0v) is 13.4. The summed E-state index contributed by atoms with van der Waals surface area (Å²) >= 11 is 2.90. The van der Waals surface area contributed by atoms with Crippen molar-refractivity contribution in [3.8, 4) is 0 Å². The van der Waals surface area contributed by atoms with E-state index in [1.165, 1.54) is 34.8 Å². The van der Waals surface area contributed by atoms with Crippen LogP contribution in [0.25, 0.3) is 0 Å². The number of carbonyl (C=O) groups is 2. The van der Waals surface area contributed by atoms with Crippen molar-refractivity contribution in [2.75, 3.05) is 5.75 Å². The van der Waals surface area contributed by atoms with Gasteiger partial charge in [0.05, 0.1) is 0 Å². The van der Waals surface area contributed by atoms with Crippen molar-refractivity contribution in [1.82, 2.24) is 20.1 Å². The van der Waals surface area contributed by atoms with E-state index in [-0.39, 0.29) is 22.2 Å². The van der Waals surface area contributed by atoms with Gasteiger partial charge in [0.2, 0.25) is 11.1 Å². The average molecular weight is 341 g/mol. The van der Waals surface area contributed by atoms with Crippen molar-refractivity contribution in [3.63, 3.8) is 0 Å². The first kappa shape index (κ1) is 15.4. The quantitative estimate of drug-likeness (QED) is 0.514. The van der Waals surface area contributed by atoms with Crippen LogP contribution in [0.15, 0.2) is 22.8 Å². The predicted molar refractivity (Wildman–Crippen MR) is 82.0 cm³/mol. The molecule has 3 heterocycles. The number of hydrogen-bond donors (Lipinski definition) is 3. The lowest BCUT2D eigenvalue weighted by atomic mass is 10.0. The van der Waals surface area contributed by atoms with Crippen LogP contribution in [-0.2, 0) is 9.59 Å². The van der Waals surface area contributed by atoms with E-state index in [1.54, 1.807) is 0 Å². The molecule has 118 valence electrons. The second kappa shape index (κ2) is 5.94. The maximum atomic E-state index is 11.9. The lowest BCUT2D eigenvalue weighted by molar-refractivity contribution is -0.148. The number of hydrogen-bond acceptors (Lipinski definition) is 7. The summed E-state index contributed by atoms with van der Waals surface area (Å²) in [7, 11) is 0. The van der Waals surface area contributed by atoms with E-state index < -0.39 is 12.0 Å². The Labute approximate surface area is 134 Å². The van der Waals surface area contributed by atoms with E-state index in [0.717, 1.165) is 5.57 Å². The maximum Gasteiger partial charge on any atom is 0.352 e. The molecular weight excluding hydrogens is 326 g/mol. The molecule has 10 heteroatoms. The monoisotopic (exact) mass is 341 g/mol. The molecule has 1 amide bonds. The minimum Gasteiger partial charge on any atom is -0.477 e. The molecule has 2 aliphatic rings. The van der Waals surface area contributed by atoms with Crippen LogP contribution in [0.3, 0.4) is 0 Å². The van der Waals surface area contributed by atoms with E-state index in [2.05, 4.69) is 15.2 Å². The summed E-state index contributed by atoms with van der Waals surface area (Å²) in [4.78, 5) is 29.0. The highest BCUT2D eigenvalue weighted by Crippen LogP contribution is 2.43. The van der Waals surface area contributed by atoms with Crippen LogP contribution in [0.1, 0.15) is 13.3 Å². The lowest BCUT2D eigenvalue weighted by Crippen LogP contribution is -2.68. The molecule has 1 saturated heterocycles. The first-order chi connectivity index (χ1) is 10.5. The van der Waals surface area contributed by atoms with Crippen LogP contribution in [-0.4, -0.2) is 59.5 Å². The van der Waals surface area contributed by atoms with Crippen molar-refractivity contribution in [2.45, 2.75) is 35.2 Å². The number of carboxylic acid groups (broad SMARTS) is 1. The number of aromatic amines is 1. The molecular formula is C12H15N5O3S2. The molecule has 0 bridgehead atoms. The molecule has 1 aromatic heterocycles. The smallest absolute Gasteiger partial charge is 0.352 e. The van der Waals surface area contributed by atoms with Gasteiger partial charge in [-0.3, -0.25) is 14.8 Å². The van der Waals surface area contributed by atoms with Crippen LogP contribution in [0.5, 0.6) is 0 Å². The number of aliphatic carboxylic acids is 1. The zero-order valence-electron chi connectivity index (χ0n) is 11.7. The van der Waals surface area contributed by atoms with Crippen molar-refractivity contribution in [2.24, 2.45) is 5.73 Å². The Kier molecular flexibility index (Phi) is 4.15. The van der Waals surface area contributed by atoms with Gasteiger partial charge < -0.3 is 10.8 Å². The van der Waals surface area contributed by atoms with Crippen molar-refractivity contribution >= 4 is 35.4 Å². The Morgan fingerprint density at radius 1 is 1.73 bits per heavy atom. The van der Waals surface area contributed by atoms with Crippen LogP contribution < -0.4 is 5.73 Å². The Hall–Kier alpha value is -1.52. The molecule has 0 radical (unpaired) electrons. The number of rotatable bonds is 5. The number of nitrogens with two attached hydrogens (primary N) is 1. The summed E-state index contributed by atoms with van der Waals surface area (Å²) in [6.45, 7) is 1.97. The number of nitrogens with one attached hydrogen (secondary N) is 1. The molecule has 1 fully saturated rings. The van der Waals surface area contributed by atoms with Gasteiger partial charge in [0.15, 0.2) is 0 Å². The molecule has 8 nitrogen and oxygen atoms in total. The van der Waals surface area contributed by atoms with Crippen molar-refractivity contribution < 1.29 is 14.7 Å². The first-order valence-electron chi connectivity index (χ1n) is 6.73. The minimum absolute atomic E-state index is 0.0744. The van der Waals surface area contributed by atoms with Gasteiger partial charge in [0.25, 0.3) is 0 Å². The fourth-order valence-electron chi connectivity index (χ4n) is 2.57. The molecule has 1 aromatic rings. The first-order valence-corrected chi connectivity index (χ1v) is 8.66. The summed E-state index contributed by atoms with van der Waals surface area (Å²) in [6, 6.07) is -0.610. The average Bonchev–Trinajstić information content (AvgIpc) is 3.03. The molecule has 3 rings (SSSR count). The van der Waals surface area contributed by atoms with Gasteiger partial charge >= 0.3 is 5.97 Å². The number of carbonyl (C=O) groups excluding carboxylic acids is 1. The predicted octanol–water partition coefficient (Wildman–Crippen LogP) is 0.257. The van der Waals surface area contributed by atoms with Gasteiger partial charge in [-0.2, -0.15) is 0 Å². The van der Waals surface area contributed by atoms with E-state index in [4.69, 9.17) is 5.73 Å². The Morgan fingerprint density at radius 3 is 3.09 bits per heavy atom. The molecule has 0 aromatic carbocycles. The molecule has 0 saturated carbocycles. The second-order valence-electron chi connectivity index (χ2n) is 4.91. The van der Waals surface area contributed by atoms with Crippen LogP contribution in [0, 0.1) is 0 Å². The Balaban J connectivity index is 1.94. The number of thioether (sulfide) groups is 2. The molecule has 0 spiro atoms. The third-order valence-corrected chi connectivity index (χ3v) is 6.27. The number of H-pyrrole nitrogens is 1. The topological polar surface area (TPSA) is 125 Å². The Bertz CT molecular complexity index is 633.